The van der Waals surface area contributed by atoms with E-state index in [-0.39, 0.29) is 18.1 Å². The maximum Gasteiger partial charge on any atom is 0.349 e. The Bertz CT molecular complexity index is 1120. The molecular weight excluding hydrogens is 404 g/mol. The molecule has 0 saturated heterocycles. The molecule has 0 N–H and O–H groups in total. The van der Waals surface area contributed by atoms with Crippen molar-refractivity contribution in [2.24, 2.45) is 0 Å². The summed E-state index contributed by atoms with van der Waals surface area (Å²) in [4.78, 5) is 16.6. The van der Waals surface area contributed by atoms with Crippen LogP contribution in [0.2, 0.25) is 5.02 Å². The minimum atomic E-state index is -0.746. The third kappa shape index (κ3) is 4.78. The predicted molar refractivity (Wildman–Crippen MR) is 112 cm³/mol. The Morgan fingerprint density at radius 2 is 2.07 bits per heavy atom. The zero-order chi connectivity index (χ0) is 21.7. The van der Waals surface area contributed by atoms with Gasteiger partial charge in [-0.1, -0.05) is 23.7 Å². The maximum absolute atomic E-state index is 12.4. The number of carbonyl (C=O) groups is 1. The molecule has 0 spiro atoms. The summed E-state index contributed by atoms with van der Waals surface area (Å²) < 4.78 is 12.5. The van der Waals surface area contributed by atoms with Crippen LogP contribution in [0.15, 0.2) is 40.4 Å². The molecule has 2 heterocycles. The fourth-order valence-electron chi connectivity index (χ4n) is 3.07. The van der Waals surface area contributed by atoms with Crippen LogP contribution >= 0.6 is 11.6 Å². The molecule has 0 radical (unpaired) electrons. The quantitative estimate of drug-likeness (QED) is 0.305. The fourth-order valence-corrected chi connectivity index (χ4v) is 3.19. The van der Waals surface area contributed by atoms with E-state index < -0.39 is 5.97 Å². The summed E-state index contributed by atoms with van der Waals surface area (Å²) in [6.45, 7) is 6.71. The van der Waals surface area contributed by atoms with Gasteiger partial charge in [-0.25, -0.2) is 4.79 Å². The van der Waals surface area contributed by atoms with Crippen molar-refractivity contribution in [2.45, 2.75) is 40.3 Å². The summed E-state index contributed by atoms with van der Waals surface area (Å²) in [5, 5.41) is 13.9. The van der Waals surface area contributed by atoms with Crippen molar-refractivity contribution < 1.29 is 14.1 Å². The van der Waals surface area contributed by atoms with E-state index in [2.05, 4.69) is 21.6 Å². The van der Waals surface area contributed by atoms with Crippen LogP contribution in [-0.4, -0.2) is 20.7 Å². The summed E-state index contributed by atoms with van der Waals surface area (Å²) in [5.41, 5.74) is 3.52. The monoisotopic (exact) mass is 424 g/mol. The highest BCUT2D eigenvalue weighted by Crippen LogP contribution is 2.20. The van der Waals surface area contributed by atoms with E-state index in [0.29, 0.717) is 10.8 Å². The molecule has 0 unspecified atom stereocenters. The minimum absolute atomic E-state index is 0.0933. The topological polar surface area (TPSA) is 93.9 Å². The number of ether oxygens (including phenoxy) is 1. The second-order valence-electron chi connectivity index (χ2n) is 6.74. The normalized spacial score (nSPS) is 11.4. The molecule has 3 rings (SSSR count). The summed E-state index contributed by atoms with van der Waals surface area (Å²) in [6, 6.07) is 10.8. The molecule has 0 saturated carbocycles. The number of hydrogen-bond donors (Lipinski definition) is 0. The van der Waals surface area contributed by atoms with Crippen LogP contribution < -0.4 is 0 Å². The lowest BCUT2D eigenvalue weighted by atomic mass is 10.1. The van der Waals surface area contributed by atoms with E-state index in [1.54, 1.807) is 30.3 Å². The molecular formula is C22H21ClN4O3. The average molecular weight is 425 g/mol. The van der Waals surface area contributed by atoms with Gasteiger partial charge in [-0.3, -0.25) is 0 Å². The second kappa shape index (κ2) is 9.42. The molecule has 8 heteroatoms. The number of carbonyl (C=O) groups excluding carboxylic acids is 1. The first-order valence-electron chi connectivity index (χ1n) is 9.47. The molecule has 0 bridgehead atoms. The van der Waals surface area contributed by atoms with Crippen molar-refractivity contribution in [2.75, 3.05) is 0 Å². The van der Waals surface area contributed by atoms with Crippen LogP contribution in [0, 0.1) is 25.2 Å². The summed E-state index contributed by atoms with van der Waals surface area (Å²) in [5.74, 6) is -0.257. The van der Waals surface area contributed by atoms with E-state index in [1.807, 2.05) is 26.0 Å². The molecule has 0 amide bonds. The van der Waals surface area contributed by atoms with Gasteiger partial charge in [0.25, 0.3) is 5.89 Å². The number of benzene rings is 1. The van der Waals surface area contributed by atoms with Crippen LogP contribution in [-0.2, 0) is 22.7 Å². The molecule has 0 atom stereocenters. The number of esters is 1. The van der Waals surface area contributed by atoms with Gasteiger partial charge in [0.2, 0.25) is 5.82 Å². The van der Waals surface area contributed by atoms with Gasteiger partial charge in [-0.05, 0) is 62.2 Å². The number of nitriles is 1. The molecule has 3 aromatic rings. The summed E-state index contributed by atoms with van der Waals surface area (Å²) in [6.07, 6.45) is 2.54. The third-order valence-electron chi connectivity index (χ3n) is 4.60. The van der Waals surface area contributed by atoms with Crippen LogP contribution in [0.4, 0.5) is 0 Å². The SMILES string of the molecule is CCCn1c(C)cc(/C=C(\C#N)C(=O)OCc2nc(-c3ccc(Cl)cc3)no2)c1C. The summed E-state index contributed by atoms with van der Waals surface area (Å²) >= 11 is 5.87. The van der Waals surface area contributed by atoms with Crippen molar-refractivity contribution in [1.82, 2.24) is 14.7 Å². The van der Waals surface area contributed by atoms with Gasteiger partial charge in [-0.2, -0.15) is 10.2 Å². The number of hydrogen-bond acceptors (Lipinski definition) is 6. The Morgan fingerprint density at radius 1 is 1.33 bits per heavy atom. The highest BCUT2D eigenvalue weighted by molar-refractivity contribution is 6.30. The number of rotatable bonds is 7. The molecule has 0 aliphatic rings. The highest BCUT2D eigenvalue weighted by Gasteiger charge is 2.16. The van der Waals surface area contributed by atoms with Crippen LogP contribution in [0.25, 0.3) is 17.5 Å². The highest BCUT2D eigenvalue weighted by atomic mass is 35.5. The Kier molecular flexibility index (Phi) is 6.70. The van der Waals surface area contributed by atoms with E-state index in [1.165, 1.54) is 0 Å². The number of halogens is 1. The van der Waals surface area contributed by atoms with Gasteiger partial charge >= 0.3 is 5.97 Å². The van der Waals surface area contributed by atoms with E-state index in [9.17, 15) is 10.1 Å². The Labute approximate surface area is 179 Å². The van der Waals surface area contributed by atoms with Crippen molar-refractivity contribution in [3.63, 3.8) is 0 Å². The molecule has 0 aliphatic carbocycles. The first kappa shape index (κ1) is 21.3. The zero-order valence-corrected chi connectivity index (χ0v) is 17.7. The van der Waals surface area contributed by atoms with Crippen molar-refractivity contribution in [3.8, 4) is 17.5 Å². The van der Waals surface area contributed by atoms with Gasteiger partial charge in [0.1, 0.15) is 11.6 Å². The predicted octanol–water partition coefficient (Wildman–Crippen LogP) is 4.87. The van der Waals surface area contributed by atoms with Crippen LogP contribution in [0.1, 0.15) is 36.2 Å². The van der Waals surface area contributed by atoms with Gasteiger partial charge in [0, 0.05) is 28.5 Å². The van der Waals surface area contributed by atoms with E-state index in [4.69, 9.17) is 20.9 Å². The Morgan fingerprint density at radius 3 is 2.73 bits per heavy atom. The van der Waals surface area contributed by atoms with E-state index >= 15 is 0 Å². The molecule has 1 aromatic carbocycles. The molecule has 7 nitrogen and oxygen atoms in total. The van der Waals surface area contributed by atoms with Crippen molar-refractivity contribution >= 4 is 23.6 Å². The largest absolute Gasteiger partial charge is 0.451 e. The lowest BCUT2D eigenvalue weighted by Crippen LogP contribution is -2.07. The van der Waals surface area contributed by atoms with Gasteiger partial charge in [0.15, 0.2) is 6.61 Å². The van der Waals surface area contributed by atoms with Crippen molar-refractivity contribution in [3.05, 3.63) is 63.8 Å². The maximum atomic E-state index is 12.4. The van der Waals surface area contributed by atoms with Gasteiger partial charge in [0.05, 0.1) is 0 Å². The molecule has 0 fully saturated rings. The minimum Gasteiger partial charge on any atom is -0.451 e. The molecule has 30 heavy (non-hydrogen) atoms. The average Bonchev–Trinajstić information content (AvgIpc) is 3.31. The third-order valence-corrected chi connectivity index (χ3v) is 4.85. The van der Waals surface area contributed by atoms with Gasteiger partial charge in [-0.15, -0.1) is 0 Å². The molecule has 2 aromatic heterocycles. The number of aryl methyl sites for hydroxylation is 1. The number of nitrogens with zero attached hydrogens (tertiary/aromatic N) is 4. The van der Waals surface area contributed by atoms with Crippen LogP contribution in [0.3, 0.4) is 0 Å². The number of aromatic nitrogens is 3. The first-order chi connectivity index (χ1) is 14.4. The standard InChI is InChI=1S/C22H21ClN4O3/c1-4-9-27-14(2)10-17(15(27)3)11-18(12-24)22(28)29-13-20-25-21(26-30-20)16-5-7-19(23)8-6-16/h5-8,10-11H,4,9,13H2,1-3H3/b18-11+. The lowest BCUT2D eigenvalue weighted by Gasteiger charge is -2.07. The summed E-state index contributed by atoms with van der Waals surface area (Å²) in [7, 11) is 0. The lowest BCUT2D eigenvalue weighted by molar-refractivity contribution is -0.140. The zero-order valence-electron chi connectivity index (χ0n) is 17.0. The Balaban J connectivity index is 1.69. The molecule has 0 aliphatic heterocycles. The smallest absolute Gasteiger partial charge is 0.349 e. The van der Waals surface area contributed by atoms with E-state index in [0.717, 1.165) is 35.5 Å². The second-order valence-corrected chi connectivity index (χ2v) is 7.18. The fraction of sp³-hybridized carbons (Fsp3) is 0.273. The Hall–Kier alpha value is -3.37. The van der Waals surface area contributed by atoms with Crippen LogP contribution in [0.5, 0.6) is 0 Å². The first-order valence-corrected chi connectivity index (χ1v) is 9.85. The van der Waals surface area contributed by atoms with Crippen molar-refractivity contribution in [1.29, 1.82) is 5.26 Å². The van der Waals surface area contributed by atoms with Gasteiger partial charge < -0.3 is 13.8 Å². The molecule has 154 valence electrons.